The van der Waals surface area contributed by atoms with Gasteiger partial charge in [0.2, 0.25) is 5.95 Å². The number of aryl methyl sites for hydroxylation is 3. The van der Waals surface area contributed by atoms with E-state index in [-0.39, 0.29) is 0 Å². The largest absolute Gasteiger partial charge is 0.397 e. The second-order valence-electron chi connectivity index (χ2n) is 9.80. The van der Waals surface area contributed by atoms with Crippen LogP contribution >= 0.6 is 0 Å². The van der Waals surface area contributed by atoms with Crippen molar-refractivity contribution in [2.75, 3.05) is 50.2 Å². The fourth-order valence-electron chi connectivity index (χ4n) is 4.94. The van der Waals surface area contributed by atoms with Crippen LogP contribution in [0, 0.1) is 18.3 Å². The SMILES string of the molecule is Cc1cc(N(C)CCN(C)C)c(N)cc1Nc1ncc(C#N)c(-c2cn3c4c(cccc24)CCC3)n1. The summed E-state index contributed by atoms with van der Waals surface area (Å²) in [7, 11) is 6.17. The molecule has 0 saturated carbocycles. The van der Waals surface area contributed by atoms with Gasteiger partial charge in [0, 0.05) is 49.5 Å². The molecule has 8 heteroatoms. The molecule has 0 unspecified atom stereocenters. The fraction of sp³-hybridized carbons (Fsp3) is 0.321. The Bertz CT molecular complexity index is 1480. The summed E-state index contributed by atoms with van der Waals surface area (Å²) in [5, 5.41) is 14.3. The third-order valence-corrected chi connectivity index (χ3v) is 6.91. The highest BCUT2D eigenvalue weighted by Gasteiger charge is 2.20. The molecule has 3 N–H and O–H groups in total. The number of nitrogens with two attached hydrogens (primary N) is 1. The van der Waals surface area contributed by atoms with Gasteiger partial charge in [-0.3, -0.25) is 0 Å². The van der Waals surface area contributed by atoms with Crippen LogP contribution in [0.3, 0.4) is 0 Å². The third-order valence-electron chi connectivity index (χ3n) is 6.91. The molecule has 2 aromatic carbocycles. The monoisotopic (exact) mass is 480 g/mol. The van der Waals surface area contributed by atoms with Crippen LogP contribution in [0.15, 0.2) is 42.7 Å². The van der Waals surface area contributed by atoms with E-state index < -0.39 is 0 Å². The lowest BCUT2D eigenvalue weighted by Gasteiger charge is -2.24. The zero-order valence-corrected chi connectivity index (χ0v) is 21.3. The summed E-state index contributed by atoms with van der Waals surface area (Å²) in [5.74, 6) is 0.437. The van der Waals surface area contributed by atoms with E-state index in [9.17, 15) is 5.26 Å². The van der Waals surface area contributed by atoms with Crippen molar-refractivity contribution in [2.24, 2.45) is 0 Å². The molecule has 36 heavy (non-hydrogen) atoms. The second kappa shape index (κ2) is 9.51. The van der Waals surface area contributed by atoms with Crippen LogP contribution in [0.1, 0.15) is 23.1 Å². The number of hydrogen-bond donors (Lipinski definition) is 2. The Kier molecular flexibility index (Phi) is 6.25. The highest BCUT2D eigenvalue weighted by atomic mass is 15.2. The third kappa shape index (κ3) is 4.34. The molecule has 3 heterocycles. The van der Waals surface area contributed by atoms with Crippen molar-refractivity contribution in [2.45, 2.75) is 26.3 Å². The van der Waals surface area contributed by atoms with E-state index in [4.69, 9.17) is 10.7 Å². The molecule has 184 valence electrons. The van der Waals surface area contributed by atoms with E-state index in [0.717, 1.165) is 60.4 Å². The Morgan fingerprint density at radius 2 is 2.03 bits per heavy atom. The molecule has 5 rings (SSSR count). The van der Waals surface area contributed by atoms with Crippen molar-refractivity contribution in [3.05, 3.63) is 59.4 Å². The highest BCUT2D eigenvalue weighted by molar-refractivity contribution is 5.98. The van der Waals surface area contributed by atoms with Crippen LogP contribution in [-0.4, -0.2) is 53.7 Å². The smallest absolute Gasteiger partial charge is 0.227 e. The van der Waals surface area contributed by atoms with E-state index in [2.05, 4.69) is 82.3 Å². The number of para-hydroxylation sites is 1. The number of aromatic nitrogens is 3. The quantitative estimate of drug-likeness (QED) is 0.375. The van der Waals surface area contributed by atoms with Crippen molar-refractivity contribution < 1.29 is 0 Å². The van der Waals surface area contributed by atoms with Crippen molar-refractivity contribution in [1.29, 1.82) is 5.26 Å². The van der Waals surface area contributed by atoms with Gasteiger partial charge in [-0.25, -0.2) is 9.97 Å². The summed E-state index contributed by atoms with van der Waals surface area (Å²) in [6.07, 6.45) is 5.91. The van der Waals surface area contributed by atoms with E-state index in [1.165, 1.54) is 11.1 Å². The topological polar surface area (TPSA) is 99.0 Å². The van der Waals surface area contributed by atoms with Gasteiger partial charge in [-0.05, 0) is 57.1 Å². The summed E-state index contributed by atoms with van der Waals surface area (Å²) < 4.78 is 2.29. The zero-order chi connectivity index (χ0) is 25.4. The molecule has 4 aromatic rings. The lowest BCUT2D eigenvalue weighted by Crippen LogP contribution is -2.29. The van der Waals surface area contributed by atoms with Crippen LogP contribution in [0.4, 0.5) is 23.0 Å². The van der Waals surface area contributed by atoms with Gasteiger partial charge in [-0.2, -0.15) is 5.26 Å². The predicted molar refractivity (Wildman–Crippen MR) is 147 cm³/mol. The average molecular weight is 481 g/mol. The van der Waals surface area contributed by atoms with Crippen molar-refractivity contribution in [1.82, 2.24) is 19.4 Å². The number of likely N-dealkylation sites (N-methyl/N-ethyl adjacent to an activating group) is 2. The molecule has 0 spiro atoms. The molecule has 1 aliphatic rings. The molecule has 0 amide bonds. The van der Waals surface area contributed by atoms with Gasteiger partial charge in [0.25, 0.3) is 0 Å². The molecular formula is C28H32N8. The van der Waals surface area contributed by atoms with Crippen LogP contribution in [0.5, 0.6) is 0 Å². The lowest BCUT2D eigenvalue weighted by atomic mass is 10.0. The van der Waals surface area contributed by atoms with Crippen LogP contribution < -0.4 is 16.0 Å². The highest BCUT2D eigenvalue weighted by Crippen LogP contribution is 2.36. The number of nitrogens with zero attached hydrogens (tertiary/aromatic N) is 6. The molecule has 0 aliphatic carbocycles. The van der Waals surface area contributed by atoms with Gasteiger partial charge in [0.05, 0.1) is 34.3 Å². The molecule has 0 fully saturated rings. The summed E-state index contributed by atoms with van der Waals surface area (Å²) in [6.45, 7) is 4.83. The van der Waals surface area contributed by atoms with Crippen LogP contribution in [-0.2, 0) is 13.0 Å². The van der Waals surface area contributed by atoms with Gasteiger partial charge in [-0.1, -0.05) is 18.2 Å². The Morgan fingerprint density at radius 3 is 2.81 bits per heavy atom. The summed E-state index contributed by atoms with van der Waals surface area (Å²) in [5.41, 5.74) is 14.7. The summed E-state index contributed by atoms with van der Waals surface area (Å²) in [6, 6.07) is 12.7. The van der Waals surface area contributed by atoms with Gasteiger partial charge in [0.1, 0.15) is 6.07 Å². The van der Waals surface area contributed by atoms with E-state index >= 15 is 0 Å². The Morgan fingerprint density at radius 1 is 1.19 bits per heavy atom. The first kappa shape index (κ1) is 23.6. The maximum Gasteiger partial charge on any atom is 0.227 e. The van der Waals surface area contributed by atoms with E-state index in [1.807, 2.05) is 13.0 Å². The first-order chi connectivity index (χ1) is 17.4. The number of benzene rings is 2. The first-order valence-electron chi connectivity index (χ1n) is 12.3. The summed E-state index contributed by atoms with van der Waals surface area (Å²) in [4.78, 5) is 13.6. The first-order valence-corrected chi connectivity index (χ1v) is 12.3. The van der Waals surface area contributed by atoms with Gasteiger partial charge >= 0.3 is 0 Å². The van der Waals surface area contributed by atoms with Crippen molar-refractivity contribution >= 4 is 33.9 Å². The Hall–Kier alpha value is -4.09. The van der Waals surface area contributed by atoms with E-state index in [1.54, 1.807) is 6.20 Å². The minimum Gasteiger partial charge on any atom is -0.397 e. The number of nitrogens with one attached hydrogen (secondary N) is 1. The maximum absolute atomic E-state index is 9.82. The van der Waals surface area contributed by atoms with Crippen molar-refractivity contribution in [3.8, 4) is 17.3 Å². The number of rotatable bonds is 7. The van der Waals surface area contributed by atoms with Gasteiger partial charge in [-0.15, -0.1) is 0 Å². The molecule has 2 aromatic heterocycles. The zero-order valence-electron chi connectivity index (χ0n) is 21.3. The molecule has 0 atom stereocenters. The molecule has 0 radical (unpaired) electrons. The standard InChI is InChI=1S/C28H32N8/c1-18-13-25(35(4)12-11-34(2)3)23(30)14-24(18)32-28-31-16-20(15-29)26(33-28)22-17-36-10-6-8-19-7-5-9-21(22)27(19)36/h5,7,9,13-14,16-17H,6,8,10-12,30H2,1-4H3,(H,31,32,33). The molecule has 0 saturated heterocycles. The second-order valence-corrected chi connectivity index (χ2v) is 9.80. The van der Waals surface area contributed by atoms with Crippen LogP contribution in [0.25, 0.3) is 22.2 Å². The number of anilines is 4. The Balaban J connectivity index is 1.49. The molecule has 0 bridgehead atoms. The fourth-order valence-corrected chi connectivity index (χ4v) is 4.94. The number of hydrogen-bond acceptors (Lipinski definition) is 7. The minimum absolute atomic E-state index is 0.437. The average Bonchev–Trinajstić information content (AvgIpc) is 3.25. The lowest BCUT2D eigenvalue weighted by molar-refractivity contribution is 0.416. The normalized spacial score (nSPS) is 12.7. The summed E-state index contributed by atoms with van der Waals surface area (Å²) >= 11 is 0. The number of nitriles is 1. The van der Waals surface area contributed by atoms with E-state index in [0.29, 0.717) is 22.9 Å². The Labute approximate surface area is 212 Å². The van der Waals surface area contributed by atoms with Gasteiger partial charge < -0.3 is 25.4 Å². The predicted octanol–water partition coefficient (Wildman–Crippen LogP) is 4.55. The van der Waals surface area contributed by atoms with Gasteiger partial charge in [0.15, 0.2) is 0 Å². The maximum atomic E-state index is 9.82. The van der Waals surface area contributed by atoms with Crippen molar-refractivity contribution in [3.63, 3.8) is 0 Å². The molecule has 1 aliphatic heterocycles. The minimum atomic E-state index is 0.437. The molecule has 8 nitrogen and oxygen atoms in total. The van der Waals surface area contributed by atoms with Crippen LogP contribution in [0.2, 0.25) is 0 Å². The number of nitrogen functional groups attached to an aromatic ring is 1. The molecular weight excluding hydrogens is 448 g/mol.